The van der Waals surface area contributed by atoms with Gasteiger partial charge in [0.1, 0.15) is 0 Å². The van der Waals surface area contributed by atoms with E-state index < -0.39 is 0 Å². The van der Waals surface area contributed by atoms with Crippen molar-refractivity contribution in [3.8, 4) is 0 Å². The molecule has 0 fully saturated rings. The fraction of sp³-hybridized carbons (Fsp3) is 0.375. The lowest BCUT2D eigenvalue weighted by atomic mass is 10.1. The largest absolute Gasteiger partial charge is 0.363 e. The Kier molecular flexibility index (Phi) is 6.21. The van der Waals surface area contributed by atoms with E-state index in [1.165, 1.54) is 5.56 Å². The van der Waals surface area contributed by atoms with Crippen LogP contribution in [0, 0.1) is 6.92 Å². The summed E-state index contributed by atoms with van der Waals surface area (Å²) in [5.41, 5.74) is 2.08. The molecule has 0 saturated carbocycles. The Morgan fingerprint density at radius 3 is 2.73 bits per heavy atom. The van der Waals surface area contributed by atoms with Crippen molar-refractivity contribution in [1.29, 1.82) is 0 Å². The van der Waals surface area contributed by atoms with Gasteiger partial charge in [-0.1, -0.05) is 41.9 Å². The van der Waals surface area contributed by atoms with E-state index in [1.54, 1.807) is 0 Å². The van der Waals surface area contributed by atoms with Crippen LogP contribution < -0.4 is 10.6 Å². The molecule has 2 N–H and O–H groups in total. The highest BCUT2D eigenvalue weighted by Gasteiger charge is 2.06. The third-order valence-electron chi connectivity index (χ3n) is 3.38. The zero-order valence-corrected chi connectivity index (χ0v) is 14.4. The van der Waals surface area contributed by atoms with Gasteiger partial charge < -0.3 is 10.6 Å². The molecule has 0 unspecified atom stereocenters. The molecule has 118 valence electrons. The van der Waals surface area contributed by atoms with Gasteiger partial charge in [-0.05, 0) is 38.0 Å². The second kappa shape index (κ2) is 8.15. The zero-order chi connectivity index (χ0) is 15.9. The molecule has 1 atom stereocenters. The SMILES string of the molecule is Cc1nn(CCCNC(=S)N[C@@H](C)c2ccccc2)cc1Cl. The highest BCUT2D eigenvalue weighted by atomic mass is 35.5. The van der Waals surface area contributed by atoms with Crippen molar-refractivity contribution in [1.82, 2.24) is 20.4 Å². The van der Waals surface area contributed by atoms with E-state index >= 15 is 0 Å². The summed E-state index contributed by atoms with van der Waals surface area (Å²) in [6.45, 7) is 5.61. The summed E-state index contributed by atoms with van der Waals surface area (Å²) in [5.74, 6) is 0. The van der Waals surface area contributed by atoms with E-state index in [0.717, 1.165) is 25.2 Å². The number of hydrogen-bond acceptors (Lipinski definition) is 2. The Morgan fingerprint density at radius 1 is 1.36 bits per heavy atom. The number of aromatic nitrogens is 2. The molecule has 0 bridgehead atoms. The number of benzene rings is 1. The summed E-state index contributed by atoms with van der Waals surface area (Å²) in [4.78, 5) is 0. The van der Waals surface area contributed by atoms with Crippen molar-refractivity contribution in [2.24, 2.45) is 0 Å². The van der Waals surface area contributed by atoms with Crippen LogP contribution in [-0.2, 0) is 6.54 Å². The predicted octanol–water partition coefficient (Wildman–Crippen LogP) is 3.46. The first-order valence-corrected chi connectivity index (χ1v) is 8.13. The van der Waals surface area contributed by atoms with Gasteiger partial charge in [-0.25, -0.2) is 0 Å². The van der Waals surface area contributed by atoms with Crippen molar-refractivity contribution in [2.45, 2.75) is 32.9 Å². The number of halogens is 1. The predicted molar refractivity (Wildman–Crippen MR) is 95.2 cm³/mol. The van der Waals surface area contributed by atoms with Crippen molar-refractivity contribution in [3.05, 3.63) is 52.8 Å². The van der Waals surface area contributed by atoms with E-state index in [4.69, 9.17) is 23.8 Å². The van der Waals surface area contributed by atoms with Gasteiger partial charge in [0.05, 0.1) is 16.8 Å². The third kappa shape index (κ3) is 5.00. The molecule has 0 aliphatic rings. The minimum Gasteiger partial charge on any atom is -0.363 e. The van der Waals surface area contributed by atoms with Crippen molar-refractivity contribution in [2.75, 3.05) is 6.54 Å². The highest BCUT2D eigenvalue weighted by Crippen LogP contribution is 2.12. The molecule has 2 rings (SSSR count). The topological polar surface area (TPSA) is 41.9 Å². The molecule has 6 heteroatoms. The smallest absolute Gasteiger partial charge is 0.166 e. The molecule has 1 aromatic heterocycles. The van der Waals surface area contributed by atoms with Crippen LogP contribution in [0.4, 0.5) is 0 Å². The average molecular weight is 337 g/mol. The fourth-order valence-electron chi connectivity index (χ4n) is 2.12. The van der Waals surface area contributed by atoms with Gasteiger partial charge in [0, 0.05) is 19.3 Å². The first kappa shape index (κ1) is 16.8. The Balaban J connectivity index is 1.67. The molecular formula is C16H21ClN4S. The van der Waals surface area contributed by atoms with Crippen molar-refractivity contribution >= 4 is 28.9 Å². The van der Waals surface area contributed by atoms with Gasteiger partial charge in [-0.15, -0.1) is 0 Å². The average Bonchev–Trinajstić information content (AvgIpc) is 2.83. The lowest BCUT2D eigenvalue weighted by molar-refractivity contribution is 0.566. The van der Waals surface area contributed by atoms with Crippen LogP contribution in [-0.4, -0.2) is 21.4 Å². The second-order valence-electron chi connectivity index (χ2n) is 5.21. The molecule has 0 aliphatic carbocycles. The first-order chi connectivity index (χ1) is 10.6. The molecule has 0 saturated heterocycles. The Morgan fingerprint density at radius 2 is 2.09 bits per heavy atom. The number of rotatable bonds is 6. The first-order valence-electron chi connectivity index (χ1n) is 7.35. The molecule has 1 aromatic carbocycles. The summed E-state index contributed by atoms with van der Waals surface area (Å²) < 4.78 is 1.86. The number of hydrogen-bond donors (Lipinski definition) is 2. The number of thiocarbonyl (C=S) groups is 1. The van der Waals surface area contributed by atoms with Crippen LogP contribution >= 0.6 is 23.8 Å². The lowest BCUT2D eigenvalue weighted by Crippen LogP contribution is -2.37. The van der Waals surface area contributed by atoms with E-state index in [-0.39, 0.29) is 6.04 Å². The Hall–Kier alpha value is -1.59. The van der Waals surface area contributed by atoms with Gasteiger partial charge in [-0.2, -0.15) is 5.10 Å². The van der Waals surface area contributed by atoms with Crippen LogP contribution in [0.2, 0.25) is 5.02 Å². The standard InChI is InChI=1S/C16H21ClN4S/c1-12(14-7-4-3-5-8-14)19-16(22)18-9-6-10-21-11-15(17)13(2)20-21/h3-5,7-8,11-12H,6,9-10H2,1-2H3,(H2,18,19,22)/t12-/m0/s1. The van der Waals surface area contributed by atoms with E-state index in [9.17, 15) is 0 Å². The molecule has 0 radical (unpaired) electrons. The van der Waals surface area contributed by atoms with Gasteiger partial charge in [0.15, 0.2) is 5.11 Å². The minimum atomic E-state index is 0.189. The van der Waals surface area contributed by atoms with Crippen LogP contribution in [0.3, 0.4) is 0 Å². The normalized spacial score (nSPS) is 12.0. The van der Waals surface area contributed by atoms with Crippen LogP contribution in [0.1, 0.15) is 30.6 Å². The van der Waals surface area contributed by atoms with Gasteiger partial charge in [-0.3, -0.25) is 4.68 Å². The van der Waals surface area contributed by atoms with Crippen LogP contribution in [0.15, 0.2) is 36.5 Å². The second-order valence-corrected chi connectivity index (χ2v) is 6.03. The maximum Gasteiger partial charge on any atom is 0.166 e. The van der Waals surface area contributed by atoms with E-state index in [2.05, 4.69) is 34.8 Å². The van der Waals surface area contributed by atoms with E-state index in [1.807, 2.05) is 36.0 Å². The summed E-state index contributed by atoms with van der Waals surface area (Å²) in [7, 11) is 0. The zero-order valence-electron chi connectivity index (χ0n) is 12.8. The lowest BCUT2D eigenvalue weighted by Gasteiger charge is -2.17. The summed E-state index contributed by atoms with van der Waals surface area (Å²) in [6.07, 6.45) is 2.78. The van der Waals surface area contributed by atoms with Gasteiger partial charge in [0.2, 0.25) is 0 Å². The third-order valence-corrected chi connectivity index (χ3v) is 4.02. The van der Waals surface area contributed by atoms with Crippen molar-refractivity contribution < 1.29 is 0 Å². The van der Waals surface area contributed by atoms with Crippen LogP contribution in [0.5, 0.6) is 0 Å². The number of nitrogens with one attached hydrogen (secondary N) is 2. The quantitative estimate of drug-likeness (QED) is 0.626. The number of aryl methyl sites for hydroxylation is 2. The number of nitrogens with zero attached hydrogens (tertiary/aromatic N) is 2. The molecule has 22 heavy (non-hydrogen) atoms. The fourth-order valence-corrected chi connectivity index (χ4v) is 2.55. The summed E-state index contributed by atoms with van der Waals surface area (Å²) in [5, 5.41) is 12.2. The van der Waals surface area contributed by atoms with Crippen LogP contribution in [0.25, 0.3) is 0 Å². The minimum absolute atomic E-state index is 0.189. The Labute approximate surface area is 141 Å². The monoisotopic (exact) mass is 336 g/mol. The molecule has 2 aromatic rings. The molecule has 0 aliphatic heterocycles. The van der Waals surface area contributed by atoms with Gasteiger partial charge >= 0.3 is 0 Å². The molecule has 4 nitrogen and oxygen atoms in total. The summed E-state index contributed by atoms with van der Waals surface area (Å²) in [6, 6.07) is 10.4. The van der Waals surface area contributed by atoms with Gasteiger partial charge in [0.25, 0.3) is 0 Å². The molecule has 1 heterocycles. The molecule has 0 spiro atoms. The molecule has 0 amide bonds. The molecular weight excluding hydrogens is 316 g/mol. The Bertz CT molecular complexity index is 592. The maximum atomic E-state index is 5.98. The van der Waals surface area contributed by atoms with Crippen molar-refractivity contribution in [3.63, 3.8) is 0 Å². The van der Waals surface area contributed by atoms with E-state index in [0.29, 0.717) is 10.1 Å². The summed E-state index contributed by atoms with van der Waals surface area (Å²) >= 11 is 11.3. The highest BCUT2D eigenvalue weighted by molar-refractivity contribution is 7.80. The maximum absolute atomic E-state index is 5.98.